The number of pyridine rings is 1. The van der Waals surface area contributed by atoms with Gasteiger partial charge in [-0.2, -0.15) is 0 Å². The third kappa shape index (κ3) is 2.50. The summed E-state index contributed by atoms with van der Waals surface area (Å²) in [7, 11) is 0. The molecule has 1 atom stereocenters. The summed E-state index contributed by atoms with van der Waals surface area (Å²) in [5, 5.41) is 0.286. The van der Waals surface area contributed by atoms with E-state index < -0.39 is 5.82 Å². The Morgan fingerprint density at radius 3 is 2.77 bits per heavy atom. The lowest BCUT2D eigenvalue weighted by molar-refractivity contribution is 0.530. The molecule has 0 unspecified atom stereocenters. The third-order valence-electron chi connectivity index (χ3n) is 3.75. The average Bonchev–Trinajstić information content (AvgIpc) is 2.51. The number of aryl methyl sites for hydroxylation is 1. The molecule has 3 rings (SSSR count). The largest absolute Gasteiger partial charge is 0.290 e. The number of hydrogen-bond acceptors (Lipinski definition) is 3. The molecule has 5 heteroatoms. The predicted molar refractivity (Wildman–Crippen MR) is 83.4 cm³/mol. The number of nitrogens with zero attached hydrogens (tertiary/aromatic N) is 3. The molecule has 2 aromatic heterocycles. The van der Waals surface area contributed by atoms with Gasteiger partial charge in [0.05, 0.1) is 29.0 Å². The van der Waals surface area contributed by atoms with E-state index in [-0.39, 0.29) is 17.0 Å². The van der Waals surface area contributed by atoms with Crippen molar-refractivity contribution in [2.45, 2.75) is 26.3 Å². The van der Waals surface area contributed by atoms with E-state index in [1.54, 1.807) is 6.20 Å². The molecule has 4 nitrogen and oxygen atoms in total. The highest BCUT2D eigenvalue weighted by Crippen LogP contribution is 2.20. The number of benzene rings is 1. The first-order valence-electron chi connectivity index (χ1n) is 7.19. The molecule has 112 valence electrons. The molecule has 0 spiro atoms. The normalized spacial score (nSPS) is 12.5. The lowest BCUT2D eigenvalue weighted by Crippen LogP contribution is -2.26. The van der Waals surface area contributed by atoms with E-state index in [1.807, 2.05) is 26.0 Å². The van der Waals surface area contributed by atoms with Crippen LogP contribution in [-0.2, 0) is 0 Å². The van der Waals surface area contributed by atoms with Gasteiger partial charge in [-0.1, -0.05) is 6.92 Å². The molecular weight excluding hydrogens is 281 g/mol. The van der Waals surface area contributed by atoms with Gasteiger partial charge in [0, 0.05) is 6.20 Å². The van der Waals surface area contributed by atoms with E-state index in [0.29, 0.717) is 11.9 Å². The topological polar surface area (TPSA) is 47.8 Å². The minimum Gasteiger partial charge on any atom is -0.290 e. The molecule has 0 aliphatic heterocycles. The summed E-state index contributed by atoms with van der Waals surface area (Å²) >= 11 is 0. The van der Waals surface area contributed by atoms with Crippen LogP contribution in [0.25, 0.3) is 10.9 Å². The summed E-state index contributed by atoms with van der Waals surface area (Å²) in [6.45, 7) is 3.96. The van der Waals surface area contributed by atoms with Crippen LogP contribution in [0.1, 0.15) is 30.6 Å². The lowest BCUT2D eigenvalue weighted by Gasteiger charge is -2.18. The highest BCUT2D eigenvalue weighted by atomic mass is 19.1. The van der Waals surface area contributed by atoms with E-state index in [9.17, 15) is 9.18 Å². The van der Waals surface area contributed by atoms with Crippen LogP contribution >= 0.6 is 0 Å². The smallest absolute Gasteiger partial charge is 0.261 e. The summed E-state index contributed by atoms with van der Waals surface area (Å²) < 4.78 is 15.0. The van der Waals surface area contributed by atoms with Crippen molar-refractivity contribution in [3.63, 3.8) is 0 Å². The zero-order valence-corrected chi connectivity index (χ0v) is 12.5. The van der Waals surface area contributed by atoms with Gasteiger partial charge in [0.25, 0.3) is 5.56 Å². The van der Waals surface area contributed by atoms with E-state index in [4.69, 9.17) is 0 Å². The second-order valence-corrected chi connectivity index (χ2v) is 5.30. The maximum absolute atomic E-state index is 13.4. The molecule has 1 aromatic carbocycles. The standard InChI is InChI=1S/C17H16FN3O/c1-3-16(15-8-11(2)6-7-19-15)21-10-20-14-5-4-12(18)9-13(14)17(21)22/h4-10,16H,3H2,1-2H3/t16-/m1/s1. The predicted octanol–water partition coefficient (Wildman–Crippen LogP) is 3.24. The summed E-state index contributed by atoms with van der Waals surface area (Å²) in [6, 6.07) is 7.70. The van der Waals surface area contributed by atoms with Crippen molar-refractivity contribution < 1.29 is 4.39 Å². The van der Waals surface area contributed by atoms with Gasteiger partial charge < -0.3 is 0 Å². The Hall–Kier alpha value is -2.56. The second kappa shape index (κ2) is 5.67. The van der Waals surface area contributed by atoms with Crippen molar-refractivity contribution in [3.8, 4) is 0 Å². The maximum Gasteiger partial charge on any atom is 0.261 e. The summed E-state index contributed by atoms with van der Waals surface area (Å²) in [4.78, 5) is 21.3. The molecule has 0 bridgehead atoms. The monoisotopic (exact) mass is 297 g/mol. The fraction of sp³-hybridized carbons (Fsp3) is 0.235. The van der Waals surface area contributed by atoms with Crippen molar-refractivity contribution in [2.75, 3.05) is 0 Å². The van der Waals surface area contributed by atoms with E-state index in [1.165, 1.54) is 29.1 Å². The van der Waals surface area contributed by atoms with Crippen LogP contribution in [0, 0.1) is 12.7 Å². The highest BCUT2D eigenvalue weighted by molar-refractivity contribution is 5.77. The number of halogens is 1. The van der Waals surface area contributed by atoms with Crippen molar-refractivity contribution in [2.24, 2.45) is 0 Å². The molecule has 22 heavy (non-hydrogen) atoms. The third-order valence-corrected chi connectivity index (χ3v) is 3.75. The minimum atomic E-state index is -0.439. The Morgan fingerprint density at radius 1 is 1.23 bits per heavy atom. The van der Waals surface area contributed by atoms with Crippen molar-refractivity contribution >= 4 is 10.9 Å². The van der Waals surface area contributed by atoms with E-state index in [2.05, 4.69) is 9.97 Å². The van der Waals surface area contributed by atoms with Crippen LogP contribution in [-0.4, -0.2) is 14.5 Å². The Labute approximate surface area is 127 Å². The maximum atomic E-state index is 13.4. The molecule has 0 N–H and O–H groups in total. The molecule has 0 saturated carbocycles. The molecular formula is C17H16FN3O. The van der Waals surface area contributed by atoms with Crippen LogP contribution in [0.3, 0.4) is 0 Å². The molecule has 2 heterocycles. The SMILES string of the molecule is CC[C@H](c1cc(C)ccn1)n1cnc2ccc(F)cc2c1=O. The zero-order chi connectivity index (χ0) is 15.7. The Morgan fingerprint density at radius 2 is 2.05 bits per heavy atom. The summed E-state index contributed by atoms with van der Waals surface area (Å²) in [5.41, 5.74) is 2.13. The Kier molecular flexibility index (Phi) is 3.71. The quantitative estimate of drug-likeness (QED) is 0.745. The summed E-state index contributed by atoms with van der Waals surface area (Å²) in [5.74, 6) is -0.439. The van der Waals surface area contributed by atoms with Crippen molar-refractivity contribution in [3.05, 3.63) is 70.3 Å². The van der Waals surface area contributed by atoms with E-state index in [0.717, 1.165) is 11.3 Å². The van der Waals surface area contributed by atoms with Gasteiger partial charge >= 0.3 is 0 Å². The first-order valence-corrected chi connectivity index (χ1v) is 7.19. The van der Waals surface area contributed by atoms with E-state index >= 15 is 0 Å². The molecule has 0 fully saturated rings. The van der Waals surface area contributed by atoms with Gasteiger partial charge in [-0.25, -0.2) is 9.37 Å². The molecule has 3 aromatic rings. The highest BCUT2D eigenvalue weighted by Gasteiger charge is 2.16. The minimum absolute atomic E-state index is 0.215. The lowest BCUT2D eigenvalue weighted by atomic mass is 10.1. The molecule has 0 radical (unpaired) electrons. The van der Waals surface area contributed by atoms with Crippen LogP contribution in [0.15, 0.2) is 47.7 Å². The number of fused-ring (bicyclic) bond motifs is 1. The van der Waals surface area contributed by atoms with Crippen LogP contribution < -0.4 is 5.56 Å². The van der Waals surface area contributed by atoms with Gasteiger partial charge in [-0.3, -0.25) is 14.3 Å². The fourth-order valence-corrected chi connectivity index (χ4v) is 2.62. The number of rotatable bonds is 3. The van der Waals surface area contributed by atoms with Crippen LogP contribution in [0.4, 0.5) is 4.39 Å². The van der Waals surface area contributed by atoms with Crippen molar-refractivity contribution in [1.82, 2.24) is 14.5 Å². The van der Waals surface area contributed by atoms with Gasteiger partial charge in [-0.05, 0) is 49.2 Å². The molecule has 0 aliphatic rings. The fourth-order valence-electron chi connectivity index (χ4n) is 2.62. The second-order valence-electron chi connectivity index (χ2n) is 5.30. The molecule has 0 amide bonds. The van der Waals surface area contributed by atoms with Crippen molar-refractivity contribution in [1.29, 1.82) is 0 Å². The van der Waals surface area contributed by atoms with Crippen LogP contribution in [0.2, 0.25) is 0 Å². The Bertz CT molecular complexity index is 888. The van der Waals surface area contributed by atoms with Crippen LogP contribution in [0.5, 0.6) is 0 Å². The molecule has 0 aliphatic carbocycles. The first-order chi connectivity index (χ1) is 10.6. The average molecular weight is 297 g/mol. The zero-order valence-electron chi connectivity index (χ0n) is 12.5. The van der Waals surface area contributed by atoms with Gasteiger partial charge in [-0.15, -0.1) is 0 Å². The van der Waals surface area contributed by atoms with Gasteiger partial charge in [0.15, 0.2) is 0 Å². The Balaban J connectivity index is 2.19. The number of aromatic nitrogens is 3. The summed E-state index contributed by atoms with van der Waals surface area (Å²) in [6.07, 6.45) is 3.94. The number of hydrogen-bond donors (Lipinski definition) is 0. The van der Waals surface area contributed by atoms with Gasteiger partial charge in [0.1, 0.15) is 5.82 Å². The molecule has 0 saturated heterocycles. The first kappa shape index (κ1) is 14.4. The van der Waals surface area contributed by atoms with Gasteiger partial charge in [0.2, 0.25) is 0 Å².